The predicted octanol–water partition coefficient (Wildman–Crippen LogP) is 2.46. The summed E-state index contributed by atoms with van der Waals surface area (Å²) in [5.74, 6) is 0. The van der Waals surface area contributed by atoms with Gasteiger partial charge in [-0.2, -0.15) is 0 Å². The Morgan fingerprint density at radius 1 is 1.17 bits per heavy atom. The van der Waals surface area contributed by atoms with Crippen molar-refractivity contribution in [2.24, 2.45) is 0 Å². The third-order valence-electron chi connectivity index (χ3n) is 0. The van der Waals surface area contributed by atoms with E-state index < -0.39 is 4.30 Å². The van der Waals surface area contributed by atoms with Crippen LogP contribution in [0, 0.1) is 0 Å². The maximum atomic E-state index is 8.06. The molecule has 0 saturated heterocycles. The molecule has 0 aliphatic carbocycles. The van der Waals surface area contributed by atoms with Crippen molar-refractivity contribution in [3.8, 4) is 0 Å². The van der Waals surface area contributed by atoms with Crippen LogP contribution in [0.1, 0.15) is 0 Å². The minimum atomic E-state index is -0.750. The van der Waals surface area contributed by atoms with Crippen LogP contribution >= 0.6 is 43.9 Å². The van der Waals surface area contributed by atoms with Crippen molar-refractivity contribution in [2.75, 3.05) is 0 Å². The Kier molecular flexibility index (Phi) is 15.7. The van der Waals surface area contributed by atoms with Crippen LogP contribution in [-0.4, -0.2) is 4.30 Å². The van der Waals surface area contributed by atoms with Gasteiger partial charge >= 0.3 is 0 Å². The summed E-state index contributed by atoms with van der Waals surface area (Å²) < 4.78 is 7.31. The lowest BCUT2D eigenvalue weighted by Gasteiger charge is -1.69. The molecular formula is CH2Cl3OP. The molecule has 0 N–H and O–H groups in total. The van der Waals surface area contributed by atoms with Gasteiger partial charge < -0.3 is 0 Å². The van der Waals surface area contributed by atoms with Crippen molar-refractivity contribution in [1.82, 2.24) is 0 Å². The molecule has 0 radical (unpaired) electrons. The predicted molar refractivity (Wildman–Crippen MR) is 30.3 cm³/mol. The molecule has 5 heteroatoms. The molecule has 0 spiro atoms. The summed E-state index contributed by atoms with van der Waals surface area (Å²) >= 11 is 14.4. The maximum Gasteiger partial charge on any atom is 0.180 e. The highest BCUT2D eigenvalue weighted by molar-refractivity contribution is 7.00. The summed E-state index contributed by atoms with van der Waals surface area (Å²) in [6.45, 7) is 0. The van der Waals surface area contributed by atoms with Gasteiger partial charge in [0.25, 0.3) is 0 Å². The molecule has 0 bridgehead atoms. The first kappa shape index (κ1) is 10.1. The molecule has 0 heterocycles. The van der Waals surface area contributed by atoms with E-state index in [1.54, 1.807) is 9.12 Å². The number of rotatable bonds is 0. The Morgan fingerprint density at radius 2 is 1.17 bits per heavy atom. The van der Waals surface area contributed by atoms with Crippen molar-refractivity contribution in [3.05, 3.63) is 0 Å². The second-order valence-corrected chi connectivity index (χ2v) is 2.23. The van der Waals surface area contributed by atoms with Crippen LogP contribution in [0.15, 0.2) is 0 Å². The fraction of sp³-hybridized carbons (Fsp3) is 1.00. The summed E-state index contributed by atoms with van der Waals surface area (Å²) in [5, 5.41) is 0. The zero-order valence-electron chi connectivity index (χ0n) is 2.62. The van der Waals surface area contributed by atoms with Gasteiger partial charge in [-0.1, -0.05) is 34.8 Å². The van der Waals surface area contributed by atoms with Crippen LogP contribution in [-0.2, 0) is 4.57 Å². The summed E-state index contributed by atoms with van der Waals surface area (Å²) in [6.07, 6.45) is 0. The van der Waals surface area contributed by atoms with Crippen LogP contribution in [0.25, 0.3) is 0 Å². The molecule has 38 valence electrons. The fourth-order valence-electron chi connectivity index (χ4n) is 0. The summed E-state index contributed by atoms with van der Waals surface area (Å²) in [4.78, 5) is 0. The third kappa shape index (κ3) is 83.3. The standard InChI is InChI=1S/CHCl3.HOP/c2-1(3)4;1-2/h1H;2H. The van der Waals surface area contributed by atoms with E-state index in [-0.39, 0.29) is 0 Å². The van der Waals surface area contributed by atoms with Crippen molar-refractivity contribution < 1.29 is 4.57 Å². The van der Waals surface area contributed by atoms with Gasteiger partial charge in [-0.3, -0.25) is 4.57 Å². The molecular weight excluding hydrogens is 165 g/mol. The minimum Gasteiger partial charge on any atom is -0.279 e. The summed E-state index contributed by atoms with van der Waals surface area (Å²) in [6, 6.07) is 0. The average molecular weight is 167 g/mol. The van der Waals surface area contributed by atoms with E-state index in [1.165, 1.54) is 0 Å². The fourth-order valence-corrected chi connectivity index (χ4v) is 0. The molecule has 0 atom stereocenters. The molecule has 0 fully saturated rings. The molecule has 0 amide bonds. The van der Waals surface area contributed by atoms with E-state index in [1.807, 2.05) is 0 Å². The van der Waals surface area contributed by atoms with Gasteiger partial charge in [0.15, 0.2) is 4.30 Å². The van der Waals surface area contributed by atoms with Crippen molar-refractivity contribution in [1.29, 1.82) is 0 Å². The lowest BCUT2D eigenvalue weighted by Crippen LogP contribution is -1.55. The first-order valence-electron chi connectivity index (χ1n) is 0.859. The van der Waals surface area contributed by atoms with E-state index in [4.69, 9.17) is 39.4 Å². The third-order valence-corrected chi connectivity index (χ3v) is 0. The lowest BCUT2D eigenvalue weighted by atomic mass is 11.9. The molecule has 1 nitrogen and oxygen atoms in total. The highest BCUT2D eigenvalue weighted by Crippen LogP contribution is 2.03. The minimum absolute atomic E-state index is 0.750. The second-order valence-electron chi connectivity index (χ2n) is 0.247. The van der Waals surface area contributed by atoms with E-state index >= 15 is 0 Å². The smallest absolute Gasteiger partial charge is 0.180 e. The largest absolute Gasteiger partial charge is 0.279 e. The first-order chi connectivity index (χ1) is 2.73. The number of halogens is 3. The van der Waals surface area contributed by atoms with E-state index in [2.05, 4.69) is 0 Å². The Labute approximate surface area is 53.2 Å². The van der Waals surface area contributed by atoms with Gasteiger partial charge in [0.05, 0.1) is 0 Å². The summed E-state index contributed by atoms with van der Waals surface area (Å²) in [7, 11) is 1.72. The topological polar surface area (TPSA) is 17.1 Å². The Bertz CT molecular complexity index is 22.0. The quantitative estimate of drug-likeness (QED) is 0.400. The van der Waals surface area contributed by atoms with Gasteiger partial charge in [-0.05, 0) is 0 Å². The Balaban J connectivity index is 0. The molecule has 0 aliphatic heterocycles. The highest BCUT2D eigenvalue weighted by Gasteiger charge is 1.78. The van der Waals surface area contributed by atoms with Crippen LogP contribution in [0.5, 0.6) is 0 Å². The Morgan fingerprint density at radius 3 is 1.17 bits per heavy atom. The number of hydrogen-bond donors (Lipinski definition) is 0. The monoisotopic (exact) mass is 166 g/mol. The molecule has 0 aromatic carbocycles. The lowest BCUT2D eigenvalue weighted by molar-refractivity contribution is 0.607. The molecule has 0 rings (SSSR count). The van der Waals surface area contributed by atoms with E-state index in [0.29, 0.717) is 0 Å². The van der Waals surface area contributed by atoms with Crippen molar-refractivity contribution in [3.63, 3.8) is 0 Å². The second kappa shape index (κ2) is 9.36. The first-order valence-corrected chi connectivity index (χ1v) is 2.58. The van der Waals surface area contributed by atoms with Crippen molar-refractivity contribution in [2.45, 2.75) is 4.30 Å². The Hall–Kier alpha value is 0.970. The SMILES string of the molecule is ClC(Cl)Cl.O=P. The molecule has 0 unspecified atom stereocenters. The normalized spacial score (nSPS) is 6.67. The van der Waals surface area contributed by atoms with Crippen LogP contribution in [0.4, 0.5) is 0 Å². The maximum absolute atomic E-state index is 8.06. The molecule has 0 aromatic rings. The molecule has 6 heavy (non-hydrogen) atoms. The van der Waals surface area contributed by atoms with Crippen LogP contribution in [0.3, 0.4) is 0 Å². The number of hydrogen-bond acceptors (Lipinski definition) is 1. The van der Waals surface area contributed by atoms with Gasteiger partial charge in [0.2, 0.25) is 0 Å². The summed E-state index contributed by atoms with van der Waals surface area (Å²) in [5.41, 5.74) is 0. The average Bonchev–Trinajstić information content (AvgIpc) is 1.41. The van der Waals surface area contributed by atoms with Crippen LogP contribution < -0.4 is 0 Å². The van der Waals surface area contributed by atoms with Crippen LogP contribution in [0.2, 0.25) is 0 Å². The van der Waals surface area contributed by atoms with E-state index in [9.17, 15) is 0 Å². The molecule has 0 aliphatic rings. The van der Waals surface area contributed by atoms with E-state index in [0.717, 1.165) is 0 Å². The zero-order valence-corrected chi connectivity index (χ0v) is 5.89. The van der Waals surface area contributed by atoms with Gasteiger partial charge in [-0.15, -0.1) is 0 Å². The highest BCUT2D eigenvalue weighted by atomic mass is 35.6. The van der Waals surface area contributed by atoms with Crippen molar-refractivity contribution >= 4 is 43.9 Å². The zero-order chi connectivity index (χ0) is 5.58. The van der Waals surface area contributed by atoms with Gasteiger partial charge in [0.1, 0.15) is 9.12 Å². The molecule has 0 saturated carbocycles. The van der Waals surface area contributed by atoms with Gasteiger partial charge in [-0.25, -0.2) is 0 Å². The van der Waals surface area contributed by atoms with Gasteiger partial charge in [0, 0.05) is 0 Å². The number of alkyl halides is 3. The molecule has 0 aromatic heterocycles.